The van der Waals surface area contributed by atoms with Gasteiger partial charge >= 0.3 is 0 Å². The molecule has 0 spiro atoms. The Hall–Kier alpha value is -3.63. The van der Waals surface area contributed by atoms with Crippen molar-refractivity contribution in [2.45, 2.75) is 33.4 Å². The predicted octanol–water partition coefficient (Wildman–Crippen LogP) is 4.53. The minimum Gasteiger partial charge on any atom is -0.494 e. The summed E-state index contributed by atoms with van der Waals surface area (Å²) in [6.45, 7) is 4.58. The van der Waals surface area contributed by atoms with Gasteiger partial charge in [-0.15, -0.1) is 0 Å². The highest BCUT2D eigenvalue weighted by atomic mass is 35.5. The quantitative estimate of drug-likeness (QED) is 0.552. The Labute approximate surface area is 189 Å². The van der Waals surface area contributed by atoms with E-state index in [2.05, 4.69) is 0 Å². The number of carbonyl (C=O) groups is 1. The number of rotatable bonds is 6. The highest BCUT2D eigenvalue weighted by Crippen LogP contribution is 2.27. The topological polar surface area (TPSA) is 92.3 Å². The number of ether oxygens (including phenoxy) is 1. The molecule has 6 nitrogen and oxygen atoms in total. The van der Waals surface area contributed by atoms with E-state index in [1.54, 1.807) is 25.1 Å². The van der Waals surface area contributed by atoms with E-state index in [1.165, 1.54) is 38.1 Å². The Bertz CT molecular complexity index is 1290. The monoisotopic (exact) mass is 454 g/mol. The highest BCUT2D eigenvalue weighted by molar-refractivity contribution is 6.31. The second-order valence-electron chi connectivity index (χ2n) is 7.36. The lowest BCUT2D eigenvalue weighted by atomic mass is 9.99. The molecule has 0 fully saturated rings. The molecule has 0 radical (unpaired) electrons. The summed E-state index contributed by atoms with van der Waals surface area (Å²) in [5.41, 5.74) is 0.158. The lowest BCUT2D eigenvalue weighted by Gasteiger charge is -2.19. The zero-order chi connectivity index (χ0) is 23.6. The Morgan fingerprint density at radius 3 is 2.50 bits per heavy atom. The lowest BCUT2D eigenvalue weighted by molar-refractivity contribution is 0.0812. The Morgan fingerprint density at radius 1 is 1.25 bits per heavy atom. The lowest BCUT2D eigenvalue weighted by Crippen LogP contribution is -2.31. The molecule has 0 saturated carbocycles. The summed E-state index contributed by atoms with van der Waals surface area (Å²) in [5, 5.41) is 20.9. The summed E-state index contributed by atoms with van der Waals surface area (Å²) in [6.07, 6.45) is -1.02. The molecule has 164 valence electrons. The number of hydrogen-bond donors (Lipinski definition) is 1. The number of carbonyl (C=O) groups excluding carboxylic acids is 1. The predicted molar refractivity (Wildman–Crippen MR) is 118 cm³/mol. The summed E-state index contributed by atoms with van der Waals surface area (Å²) < 4.78 is 19.9. The van der Waals surface area contributed by atoms with E-state index in [0.717, 1.165) is 10.1 Å². The molecule has 32 heavy (non-hydrogen) atoms. The van der Waals surface area contributed by atoms with Gasteiger partial charge in [-0.25, -0.2) is 4.39 Å². The number of Topliss-reactive ketones (excluding diaryl/α,β-unsaturated/α-hetero) is 1. The summed E-state index contributed by atoms with van der Waals surface area (Å²) >= 11 is 6.02. The zero-order valence-corrected chi connectivity index (χ0v) is 18.4. The third-order valence-corrected chi connectivity index (χ3v) is 5.54. The number of nitriles is 1. The molecule has 1 atom stereocenters. The molecule has 3 rings (SSSR count). The molecule has 0 amide bonds. The van der Waals surface area contributed by atoms with Crippen molar-refractivity contribution in [3.8, 4) is 17.7 Å². The second-order valence-corrected chi connectivity index (χ2v) is 7.77. The SMILES string of the molecule is Cc1cc(OC(C)C(=O)c2c(C)c(C#N)c(=O)n(Cc3ccc(F)cc3)c2O)ccc1Cl. The maximum Gasteiger partial charge on any atom is 0.271 e. The van der Waals surface area contributed by atoms with Gasteiger partial charge in [0.05, 0.1) is 12.1 Å². The molecule has 0 aliphatic carbocycles. The molecule has 1 heterocycles. The Balaban J connectivity index is 2.03. The average Bonchev–Trinajstić information content (AvgIpc) is 2.75. The number of aromatic nitrogens is 1. The van der Waals surface area contributed by atoms with E-state index in [0.29, 0.717) is 16.3 Å². The van der Waals surface area contributed by atoms with Crippen molar-refractivity contribution in [3.63, 3.8) is 0 Å². The van der Waals surface area contributed by atoms with Crippen LogP contribution in [-0.4, -0.2) is 21.6 Å². The van der Waals surface area contributed by atoms with Crippen molar-refractivity contribution in [2.24, 2.45) is 0 Å². The number of aromatic hydroxyl groups is 1. The molecule has 1 unspecified atom stereocenters. The number of benzene rings is 2. The molecule has 1 N–H and O–H groups in total. The van der Waals surface area contributed by atoms with E-state index in [4.69, 9.17) is 16.3 Å². The minimum absolute atomic E-state index is 0.0677. The van der Waals surface area contributed by atoms with Crippen LogP contribution in [0.4, 0.5) is 4.39 Å². The molecular weight excluding hydrogens is 435 g/mol. The van der Waals surface area contributed by atoms with Gasteiger partial charge < -0.3 is 9.84 Å². The number of nitrogens with zero attached hydrogens (tertiary/aromatic N) is 2. The average molecular weight is 455 g/mol. The van der Waals surface area contributed by atoms with Gasteiger partial charge in [-0.3, -0.25) is 14.2 Å². The summed E-state index contributed by atoms with van der Waals surface area (Å²) in [5.74, 6) is -1.23. The van der Waals surface area contributed by atoms with Crippen LogP contribution in [0.25, 0.3) is 0 Å². The van der Waals surface area contributed by atoms with Gasteiger partial charge in [0, 0.05) is 5.02 Å². The van der Waals surface area contributed by atoms with Gasteiger partial charge in [0.25, 0.3) is 5.56 Å². The fraction of sp³-hybridized carbons (Fsp3) is 0.208. The first-order valence-corrected chi connectivity index (χ1v) is 10.1. The maximum atomic E-state index is 13.2. The third-order valence-electron chi connectivity index (χ3n) is 5.11. The largest absolute Gasteiger partial charge is 0.494 e. The van der Waals surface area contributed by atoms with Crippen molar-refractivity contribution in [2.75, 3.05) is 0 Å². The van der Waals surface area contributed by atoms with E-state index in [1.807, 2.05) is 6.07 Å². The number of pyridine rings is 1. The van der Waals surface area contributed by atoms with E-state index in [9.17, 15) is 24.3 Å². The van der Waals surface area contributed by atoms with Crippen molar-refractivity contribution in [1.29, 1.82) is 5.26 Å². The maximum absolute atomic E-state index is 13.2. The van der Waals surface area contributed by atoms with Gasteiger partial charge in [0.1, 0.15) is 23.2 Å². The molecule has 0 aliphatic heterocycles. The molecule has 3 aromatic rings. The van der Waals surface area contributed by atoms with Crippen molar-refractivity contribution in [1.82, 2.24) is 4.57 Å². The van der Waals surface area contributed by atoms with Crippen LogP contribution in [0.15, 0.2) is 47.3 Å². The van der Waals surface area contributed by atoms with Gasteiger partial charge in [0.2, 0.25) is 11.7 Å². The van der Waals surface area contributed by atoms with Crippen molar-refractivity contribution >= 4 is 17.4 Å². The van der Waals surface area contributed by atoms with Crippen LogP contribution in [-0.2, 0) is 6.54 Å². The van der Waals surface area contributed by atoms with Gasteiger partial charge in [0.15, 0.2) is 6.10 Å². The van der Waals surface area contributed by atoms with Crippen LogP contribution in [0.3, 0.4) is 0 Å². The molecule has 0 aliphatic rings. The Kier molecular flexibility index (Phi) is 6.66. The minimum atomic E-state index is -1.02. The van der Waals surface area contributed by atoms with E-state index >= 15 is 0 Å². The number of halogens is 2. The highest BCUT2D eigenvalue weighted by Gasteiger charge is 2.28. The fourth-order valence-corrected chi connectivity index (χ4v) is 3.43. The summed E-state index contributed by atoms with van der Waals surface area (Å²) in [4.78, 5) is 26.0. The van der Waals surface area contributed by atoms with E-state index < -0.39 is 29.1 Å². The summed E-state index contributed by atoms with van der Waals surface area (Å²) in [6, 6.07) is 12.1. The zero-order valence-electron chi connectivity index (χ0n) is 17.6. The summed E-state index contributed by atoms with van der Waals surface area (Å²) in [7, 11) is 0. The molecule has 2 aromatic carbocycles. The Morgan fingerprint density at radius 2 is 1.91 bits per heavy atom. The van der Waals surface area contributed by atoms with E-state index in [-0.39, 0.29) is 23.2 Å². The molecule has 0 bridgehead atoms. The van der Waals surface area contributed by atoms with Crippen molar-refractivity contribution in [3.05, 3.63) is 91.5 Å². The van der Waals surface area contributed by atoms with Crippen molar-refractivity contribution < 1.29 is 19.0 Å². The van der Waals surface area contributed by atoms with Crippen LogP contribution in [0.2, 0.25) is 5.02 Å². The van der Waals surface area contributed by atoms with Crippen LogP contribution >= 0.6 is 11.6 Å². The number of ketones is 1. The third kappa shape index (κ3) is 4.51. The van der Waals surface area contributed by atoms with Gasteiger partial charge in [-0.1, -0.05) is 23.7 Å². The number of hydrogen-bond acceptors (Lipinski definition) is 5. The second kappa shape index (κ2) is 9.25. The molecule has 0 saturated heterocycles. The number of aryl methyl sites for hydroxylation is 1. The first kappa shape index (κ1) is 23.0. The smallest absolute Gasteiger partial charge is 0.271 e. The molecule has 8 heteroatoms. The molecular formula is C24H20ClFN2O4. The standard InChI is InChI=1S/C24H20ClFN2O4/c1-13-10-18(8-9-20(13)25)32-15(3)22(29)21-14(2)19(11-27)23(30)28(24(21)31)12-16-4-6-17(26)7-5-16/h4-10,15,31H,12H2,1-3H3. The first-order valence-electron chi connectivity index (χ1n) is 9.72. The van der Waals surface area contributed by atoms with Crippen LogP contribution in [0.1, 0.15) is 39.5 Å². The van der Waals surface area contributed by atoms with Crippen LogP contribution < -0.4 is 10.3 Å². The molecule has 1 aromatic heterocycles. The van der Waals surface area contributed by atoms with Gasteiger partial charge in [-0.2, -0.15) is 5.26 Å². The van der Waals surface area contributed by atoms with Gasteiger partial charge in [-0.05, 0) is 67.8 Å². The fourth-order valence-electron chi connectivity index (χ4n) is 3.32. The first-order chi connectivity index (χ1) is 15.1. The van der Waals surface area contributed by atoms with Crippen LogP contribution in [0.5, 0.6) is 11.6 Å². The van der Waals surface area contributed by atoms with Crippen LogP contribution in [0, 0.1) is 31.0 Å². The normalized spacial score (nSPS) is 11.6.